The number of hydrogen-bond acceptors (Lipinski definition) is 1. The summed E-state index contributed by atoms with van der Waals surface area (Å²) in [5.41, 5.74) is 0. The first kappa shape index (κ1) is 12.6. The highest BCUT2D eigenvalue weighted by atomic mass is 14.9. The van der Waals surface area contributed by atoms with Gasteiger partial charge in [-0.25, -0.2) is 0 Å². The maximum Gasteiger partial charge on any atom is 0.0240 e. The maximum atomic E-state index is 5.35. The van der Waals surface area contributed by atoms with Crippen molar-refractivity contribution in [3.05, 3.63) is 0 Å². The van der Waals surface area contributed by atoms with Gasteiger partial charge in [0.1, 0.15) is 0 Å². The molecule has 0 aromatic rings. The highest BCUT2D eigenvalue weighted by Gasteiger charge is 2.21. The molecule has 1 rings (SSSR count). The summed E-state index contributed by atoms with van der Waals surface area (Å²) in [5.74, 6) is 4.53. The lowest BCUT2D eigenvalue weighted by atomic mass is 9.80. The molecule has 0 aromatic heterocycles. The third-order valence-corrected chi connectivity index (χ3v) is 3.81. The zero-order chi connectivity index (χ0) is 11.1. The monoisotopic (exact) mass is 207 g/mol. The van der Waals surface area contributed by atoms with Crippen LogP contribution in [-0.4, -0.2) is 12.6 Å². The first-order chi connectivity index (χ1) is 7.27. The summed E-state index contributed by atoms with van der Waals surface area (Å²) in [5, 5.41) is 3.63. The van der Waals surface area contributed by atoms with Crippen LogP contribution in [0.4, 0.5) is 0 Å². The Kier molecular flexibility index (Phi) is 5.79. The van der Waals surface area contributed by atoms with Gasteiger partial charge in [-0.15, -0.1) is 12.3 Å². The molecule has 86 valence electrons. The zero-order valence-corrected chi connectivity index (χ0v) is 10.3. The van der Waals surface area contributed by atoms with E-state index in [0.717, 1.165) is 24.7 Å². The van der Waals surface area contributed by atoms with Gasteiger partial charge in [0.2, 0.25) is 0 Å². The molecule has 0 aliphatic heterocycles. The third-order valence-electron chi connectivity index (χ3n) is 3.81. The second-order valence-electron chi connectivity index (χ2n) is 4.94. The molecule has 0 heterocycles. The van der Waals surface area contributed by atoms with Gasteiger partial charge in [-0.3, -0.25) is 0 Å². The topological polar surface area (TPSA) is 12.0 Å². The van der Waals surface area contributed by atoms with Gasteiger partial charge in [0.05, 0.1) is 0 Å². The lowest BCUT2D eigenvalue weighted by molar-refractivity contribution is 0.240. The van der Waals surface area contributed by atoms with Gasteiger partial charge < -0.3 is 5.32 Å². The Hall–Kier alpha value is -0.480. The predicted octanol–water partition coefficient (Wildman–Crippen LogP) is 3.20. The van der Waals surface area contributed by atoms with E-state index in [1.165, 1.54) is 32.2 Å². The van der Waals surface area contributed by atoms with Crippen molar-refractivity contribution in [3.63, 3.8) is 0 Å². The normalized spacial score (nSPS) is 28.3. The van der Waals surface area contributed by atoms with Crippen LogP contribution in [0.15, 0.2) is 0 Å². The molecule has 1 aliphatic carbocycles. The molecular weight excluding hydrogens is 182 g/mol. The van der Waals surface area contributed by atoms with Crippen molar-refractivity contribution < 1.29 is 0 Å². The summed E-state index contributed by atoms with van der Waals surface area (Å²) in [7, 11) is 0. The van der Waals surface area contributed by atoms with E-state index in [9.17, 15) is 0 Å². The van der Waals surface area contributed by atoms with Gasteiger partial charge >= 0.3 is 0 Å². The van der Waals surface area contributed by atoms with Crippen LogP contribution in [0.5, 0.6) is 0 Å². The van der Waals surface area contributed by atoms with Crippen molar-refractivity contribution in [2.75, 3.05) is 6.54 Å². The van der Waals surface area contributed by atoms with Gasteiger partial charge in [-0.2, -0.15) is 0 Å². The summed E-state index contributed by atoms with van der Waals surface area (Å²) in [4.78, 5) is 0. The second-order valence-corrected chi connectivity index (χ2v) is 4.94. The minimum absolute atomic E-state index is 0.532. The Bertz CT molecular complexity index is 204. The van der Waals surface area contributed by atoms with E-state index in [4.69, 9.17) is 6.42 Å². The van der Waals surface area contributed by atoms with E-state index in [2.05, 4.69) is 25.1 Å². The molecule has 3 atom stereocenters. The molecule has 1 aliphatic rings. The maximum absolute atomic E-state index is 5.35. The molecular formula is C14H25N. The molecule has 0 radical (unpaired) electrons. The van der Waals surface area contributed by atoms with Crippen LogP contribution in [0.25, 0.3) is 0 Å². The Morgan fingerprint density at radius 3 is 2.73 bits per heavy atom. The van der Waals surface area contributed by atoms with Crippen LogP contribution in [0.3, 0.4) is 0 Å². The predicted molar refractivity (Wildman–Crippen MR) is 66.7 cm³/mol. The SMILES string of the molecule is C#CCC(CC)NCC1CCCCC1C. The summed E-state index contributed by atoms with van der Waals surface area (Å²) in [6.07, 6.45) is 13.0. The molecule has 0 amide bonds. The summed E-state index contributed by atoms with van der Waals surface area (Å²) >= 11 is 0. The standard InChI is InChI=1S/C14H25N/c1-4-8-14(5-2)15-11-13-10-7-6-9-12(13)3/h1,12-15H,5-11H2,2-3H3. The van der Waals surface area contributed by atoms with Crippen molar-refractivity contribution >= 4 is 0 Å². The average molecular weight is 207 g/mol. The number of rotatable bonds is 5. The van der Waals surface area contributed by atoms with Gasteiger partial charge in [-0.05, 0) is 31.2 Å². The van der Waals surface area contributed by atoms with Crippen LogP contribution in [0.1, 0.15) is 52.4 Å². The Balaban J connectivity index is 2.25. The van der Waals surface area contributed by atoms with Crippen molar-refractivity contribution in [3.8, 4) is 12.3 Å². The van der Waals surface area contributed by atoms with E-state index < -0.39 is 0 Å². The lowest BCUT2D eigenvalue weighted by Gasteiger charge is -2.30. The highest BCUT2D eigenvalue weighted by Crippen LogP contribution is 2.28. The zero-order valence-electron chi connectivity index (χ0n) is 10.3. The average Bonchev–Trinajstić information content (AvgIpc) is 2.26. The molecule has 0 saturated heterocycles. The van der Waals surface area contributed by atoms with E-state index in [0.29, 0.717) is 6.04 Å². The lowest BCUT2D eigenvalue weighted by Crippen LogP contribution is -2.35. The number of hydrogen-bond donors (Lipinski definition) is 1. The second kappa shape index (κ2) is 6.90. The molecule has 15 heavy (non-hydrogen) atoms. The molecule has 1 nitrogen and oxygen atoms in total. The van der Waals surface area contributed by atoms with Crippen LogP contribution in [0.2, 0.25) is 0 Å². The van der Waals surface area contributed by atoms with E-state index in [1.807, 2.05) is 0 Å². The van der Waals surface area contributed by atoms with Crippen LogP contribution in [-0.2, 0) is 0 Å². The fourth-order valence-electron chi connectivity index (χ4n) is 2.52. The molecule has 1 heteroatoms. The van der Waals surface area contributed by atoms with E-state index in [-0.39, 0.29) is 0 Å². The fraction of sp³-hybridized carbons (Fsp3) is 0.857. The largest absolute Gasteiger partial charge is 0.313 e. The van der Waals surface area contributed by atoms with Crippen LogP contribution < -0.4 is 5.32 Å². The Labute approximate surface area is 95.0 Å². The molecule has 1 saturated carbocycles. The van der Waals surface area contributed by atoms with Gasteiger partial charge in [0.25, 0.3) is 0 Å². The van der Waals surface area contributed by atoms with Crippen LogP contribution in [0, 0.1) is 24.2 Å². The minimum atomic E-state index is 0.532. The Morgan fingerprint density at radius 1 is 1.40 bits per heavy atom. The molecule has 0 aromatic carbocycles. The Morgan fingerprint density at radius 2 is 2.13 bits per heavy atom. The van der Waals surface area contributed by atoms with E-state index in [1.54, 1.807) is 0 Å². The van der Waals surface area contributed by atoms with Gasteiger partial charge in [0, 0.05) is 12.5 Å². The van der Waals surface area contributed by atoms with Crippen molar-refractivity contribution in [2.45, 2.75) is 58.4 Å². The molecule has 1 fully saturated rings. The first-order valence-corrected chi connectivity index (χ1v) is 6.44. The van der Waals surface area contributed by atoms with E-state index >= 15 is 0 Å². The third kappa shape index (κ3) is 4.26. The quantitative estimate of drug-likeness (QED) is 0.683. The summed E-state index contributed by atoms with van der Waals surface area (Å²) in [6, 6.07) is 0.532. The van der Waals surface area contributed by atoms with Crippen molar-refractivity contribution in [2.24, 2.45) is 11.8 Å². The summed E-state index contributed by atoms with van der Waals surface area (Å²) < 4.78 is 0. The fourth-order valence-corrected chi connectivity index (χ4v) is 2.52. The van der Waals surface area contributed by atoms with Gasteiger partial charge in [-0.1, -0.05) is 33.1 Å². The first-order valence-electron chi connectivity index (χ1n) is 6.44. The van der Waals surface area contributed by atoms with Gasteiger partial charge in [0.15, 0.2) is 0 Å². The smallest absolute Gasteiger partial charge is 0.0240 e. The number of nitrogens with one attached hydrogen (secondary N) is 1. The number of terminal acetylenes is 1. The molecule has 0 bridgehead atoms. The van der Waals surface area contributed by atoms with Crippen molar-refractivity contribution in [1.29, 1.82) is 0 Å². The van der Waals surface area contributed by atoms with Crippen LogP contribution >= 0.6 is 0 Å². The molecule has 0 spiro atoms. The highest BCUT2D eigenvalue weighted by molar-refractivity contribution is 4.89. The summed E-state index contributed by atoms with van der Waals surface area (Å²) in [6.45, 7) is 5.77. The van der Waals surface area contributed by atoms with Crippen molar-refractivity contribution in [1.82, 2.24) is 5.32 Å². The molecule has 1 N–H and O–H groups in total. The minimum Gasteiger partial charge on any atom is -0.313 e. The molecule has 3 unspecified atom stereocenters.